The number of ether oxygens (including phenoxy) is 3. The molecule has 0 aromatic heterocycles. The minimum Gasteiger partial charge on any atom is -0.485 e. The Morgan fingerprint density at radius 1 is 0.886 bits per heavy atom. The number of esters is 1. The first-order chi connectivity index (χ1) is 16.3. The van der Waals surface area contributed by atoms with Crippen LogP contribution in [0, 0.1) is 0 Å². The predicted molar refractivity (Wildman–Crippen MR) is 135 cm³/mol. The second-order valence-electron chi connectivity index (χ2n) is 7.63. The standard InChI is InChI=1S/C26H27O7P.H3N/c1-20(33-26(27)19-34(28,29)30)12-13-21-14-15-24(31-17-22-8-4-2-5-9-22)25(16-21)32-18-23-10-6-3-7-11-23;/h2-16,20H,17-19H2,1H3,(H2,28,29,30);1H3. The highest BCUT2D eigenvalue weighted by atomic mass is 31.2. The maximum absolute atomic E-state index is 11.6. The number of hydrogen-bond acceptors (Lipinski definition) is 6. The van der Waals surface area contributed by atoms with Gasteiger partial charge in [-0.15, -0.1) is 0 Å². The molecule has 9 heteroatoms. The highest BCUT2D eigenvalue weighted by Crippen LogP contribution is 2.34. The summed E-state index contributed by atoms with van der Waals surface area (Å²) in [6.07, 6.45) is 1.75. The molecule has 1 unspecified atom stereocenters. The maximum Gasteiger partial charge on any atom is 0.336 e. The molecule has 0 aliphatic carbocycles. The Kier molecular flexibility index (Phi) is 10.7. The van der Waals surface area contributed by atoms with Crippen LogP contribution in [-0.2, 0) is 27.3 Å². The molecule has 0 radical (unpaired) electrons. The molecule has 0 aliphatic rings. The average Bonchev–Trinajstić information content (AvgIpc) is 2.80. The normalized spacial score (nSPS) is 12.0. The topological polar surface area (TPSA) is 137 Å². The minimum atomic E-state index is -4.46. The molecule has 0 bridgehead atoms. The van der Waals surface area contributed by atoms with E-state index in [1.807, 2.05) is 78.9 Å². The Bertz CT molecular complexity index is 1150. The van der Waals surface area contributed by atoms with Crippen molar-refractivity contribution in [1.29, 1.82) is 0 Å². The van der Waals surface area contributed by atoms with Crippen molar-refractivity contribution >= 4 is 19.6 Å². The van der Waals surface area contributed by atoms with Crippen LogP contribution in [0.3, 0.4) is 0 Å². The molecule has 3 aromatic carbocycles. The number of benzene rings is 3. The van der Waals surface area contributed by atoms with Crippen LogP contribution in [0.15, 0.2) is 84.9 Å². The molecular weight excluding hydrogens is 469 g/mol. The van der Waals surface area contributed by atoms with Gasteiger partial charge in [-0.2, -0.15) is 0 Å². The third-order valence-corrected chi connectivity index (χ3v) is 5.32. The molecule has 35 heavy (non-hydrogen) atoms. The van der Waals surface area contributed by atoms with Crippen molar-refractivity contribution in [2.75, 3.05) is 6.16 Å². The lowest BCUT2D eigenvalue weighted by Gasteiger charge is -2.14. The van der Waals surface area contributed by atoms with Gasteiger partial charge in [-0.3, -0.25) is 9.36 Å². The summed E-state index contributed by atoms with van der Waals surface area (Å²) >= 11 is 0. The highest BCUT2D eigenvalue weighted by Gasteiger charge is 2.21. The molecule has 0 amide bonds. The van der Waals surface area contributed by atoms with Gasteiger partial charge in [0.15, 0.2) is 11.5 Å². The first-order valence-electron chi connectivity index (χ1n) is 10.7. The van der Waals surface area contributed by atoms with Crippen LogP contribution in [0.4, 0.5) is 0 Å². The third-order valence-electron chi connectivity index (χ3n) is 4.65. The molecule has 186 valence electrons. The van der Waals surface area contributed by atoms with Crippen molar-refractivity contribution in [3.63, 3.8) is 0 Å². The van der Waals surface area contributed by atoms with E-state index in [2.05, 4.69) is 0 Å². The van der Waals surface area contributed by atoms with Crippen LogP contribution < -0.4 is 15.6 Å². The van der Waals surface area contributed by atoms with Crippen molar-refractivity contribution in [1.82, 2.24) is 6.15 Å². The van der Waals surface area contributed by atoms with Crippen LogP contribution in [0.2, 0.25) is 0 Å². The first-order valence-corrected chi connectivity index (χ1v) is 12.5. The second-order valence-corrected chi connectivity index (χ2v) is 9.28. The lowest BCUT2D eigenvalue weighted by atomic mass is 10.1. The predicted octanol–water partition coefficient (Wildman–Crippen LogP) is 5.13. The summed E-state index contributed by atoms with van der Waals surface area (Å²) in [6.45, 7) is 2.37. The summed E-state index contributed by atoms with van der Waals surface area (Å²) < 4.78 is 28.0. The lowest BCUT2D eigenvalue weighted by Crippen LogP contribution is -2.16. The van der Waals surface area contributed by atoms with Gasteiger partial charge in [-0.05, 0) is 41.8 Å². The van der Waals surface area contributed by atoms with Crippen LogP contribution in [0.5, 0.6) is 11.5 Å². The second kappa shape index (κ2) is 13.5. The van der Waals surface area contributed by atoms with Crippen molar-refractivity contribution < 1.29 is 33.4 Å². The highest BCUT2D eigenvalue weighted by molar-refractivity contribution is 7.52. The van der Waals surface area contributed by atoms with E-state index >= 15 is 0 Å². The van der Waals surface area contributed by atoms with E-state index in [0.717, 1.165) is 16.7 Å². The smallest absolute Gasteiger partial charge is 0.336 e. The lowest BCUT2D eigenvalue weighted by molar-refractivity contribution is -0.143. The minimum absolute atomic E-state index is 0. The van der Waals surface area contributed by atoms with Crippen molar-refractivity contribution in [3.8, 4) is 11.5 Å². The Hall–Kier alpha value is -3.42. The average molecular weight is 500 g/mol. The van der Waals surface area contributed by atoms with Crippen LogP contribution in [-0.4, -0.2) is 28.0 Å². The summed E-state index contributed by atoms with van der Waals surface area (Å²) in [7, 11) is -4.46. The van der Waals surface area contributed by atoms with Gasteiger partial charge in [0.25, 0.3) is 0 Å². The van der Waals surface area contributed by atoms with E-state index in [1.54, 1.807) is 19.1 Å². The molecule has 3 rings (SSSR count). The first kappa shape index (κ1) is 27.8. The number of rotatable bonds is 11. The zero-order chi connectivity index (χ0) is 24.4. The molecule has 0 aliphatic heterocycles. The molecule has 8 nitrogen and oxygen atoms in total. The SMILES string of the molecule is CC(C=Cc1ccc(OCc2ccccc2)c(OCc2ccccc2)c1)OC(=O)CP(=O)(O)O.N. The van der Waals surface area contributed by atoms with Gasteiger partial charge in [0.05, 0.1) is 0 Å². The molecule has 3 aromatic rings. The quantitative estimate of drug-likeness (QED) is 0.244. The molecule has 0 spiro atoms. The summed E-state index contributed by atoms with van der Waals surface area (Å²) in [6, 6.07) is 25.1. The zero-order valence-electron chi connectivity index (χ0n) is 19.4. The third kappa shape index (κ3) is 10.2. The number of carbonyl (C=O) groups excluding carboxylic acids is 1. The fourth-order valence-electron chi connectivity index (χ4n) is 3.03. The fraction of sp³-hybridized carbons (Fsp3) is 0.192. The Morgan fingerprint density at radius 3 is 1.97 bits per heavy atom. The maximum atomic E-state index is 11.6. The van der Waals surface area contributed by atoms with Crippen LogP contribution >= 0.6 is 7.60 Å². The van der Waals surface area contributed by atoms with Crippen molar-refractivity contribution in [2.45, 2.75) is 26.2 Å². The monoisotopic (exact) mass is 499 g/mol. The fourth-order valence-corrected chi connectivity index (χ4v) is 3.44. The number of carbonyl (C=O) groups is 1. The van der Waals surface area contributed by atoms with Gasteiger partial charge in [0.2, 0.25) is 0 Å². The van der Waals surface area contributed by atoms with Gasteiger partial charge in [0, 0.05) is 0 Å². The zero-order valence-corrected chi connectivity index (χ0v) is 20.3. The largest absolute Gasteiger partial charge is 0.485 e. The van der Waals surface area contributed by atoms with Gasteiger partial charge in [0.1, 0.15) is 25.5 Å². The van der Waals surface area contributed by atoms with Crippen LogP contribution in [0.1, 0.15) is 23.6 Å². The van der Waals surface area contributed by atoms with E-state index in [-0.39, 0.29) is 6.15 Å². The summed E-state index contributed by atoms with van der Waals surface area (Å²) in [4.78, 5) is 29.4. The Balaban J connectivity index is 0.00000432. The molecule has 1 atom stereocenters. The molecule has 5 N–H and O–H groups in total. The van der Waals surface area contributed by atoms with Crippen LogP contribution in [0.25, 0.3) is 6.08 Å². The van der Waals surface area contributed by atoms with E-state index in [9.17, 15) is 9.36 Å². The van der Waals surface area contributed by atoms with Crippen molar-refractivity contribution in [2.24, 2.45) is 0 Å². The number of hydrogen-bond donors (Lipinski definition) is 3. The van der Waals surface area contributed by atoms with Gasteiger partial charge < -0.3 is 30.1 Å². The Labute approximate surface area is 204 Å². The Morgan fingerprint density at radius 2 is 1.43 bits per heavy atom. The summed E-state index contributed by atoms with van der Waals surface area (Å²) in [5.74, 6) is 0.202. The molecule has 0 saturated carbocycles. The molecular formula is C26H30NO7P. The van der Waals surface area contributed by atoms with E-state index in [0.29, 0.717) is 24.7 Å². The molecule has 0 fully saturated rings. The van der Waals surface area contributed by atoms with E-state index < -0.39 is 25.8 Å². The van der Waals surface area contributed by atoms with Crippen molar-refractivity contribution in [3.05, 3.63) is 102 Å². The molecule has 0 saturated heterocycles. The van der Waals surface area contributed by atoms with Gasteiger partial charge >= 0.3 is 13.6 Å². The summed E-state index contributed by atoms with van der Waals surface area (Å²) in [5, 5.41) is 0. The summed E-state index contributed by atoms with van der Waals surface area (Å²) in [5.41, 5.74) is 2.84. The molecule has 0 heterocycles. The van der Waals surface area contributed by atoms with E-state index in [4.69, 9.17) is 24.0 Å². The van der Waals surface area contributed by atoms with E-state index in [1.165, 1.54) is 0 Å². The van der Waals surface area contributed by atoms with Gasteiger partial charge in [-0.1, -0.05) is 72.8 Å². The van der Waals surface area contributed by atoms with Gasteiger partial charge in [-0.25, -0.2) is 0 Å².